The van der Waals surface area contributed by atoms with Crippen LogP contribution in [0.2, 0.25) is 0 Å². The first-order valence-electron chi connectivity index (χ1n) is 6.84. The maximum atomic E-state index is 11.7. The van der Waals surface area contributed by atoms with Gasteiger partial charge in [0.25, 0.3) is 0 Å². The monoisotopic (exact) mass is 276 g/mol. The third-order valence-electron chi connectivity index (χ3n) is 3.56. The molecule has 0 spiro atoms. The molecule has 1 N–H and O–H groups in total. The molecule has 20 heavy (non-hydrogen) atoms. The van der Waals surface area contributed by atoms with Gasteiger partial charge in [-0.2, -0.15) is 0 Å². The summed E-state index contributed by atoms with van der Waals surface area (Å²) in [6, 6.07) is 5.64. The molecule has 1 atom stereocenters. The number of carbonyl (C=O) groups is 2. The Bertz CT molecular complexity index is 528. The number of nitrogens with zero attached hydrogens (tertiary/aromatic N) is 1. The largest absolute Gasteiger partial charge is 0.414 e. The lowest BCUT2D eigenvalue weighted by Gasteiger charge is -2.16. The first-order chi connectivity index (χ1) is 9.51. The zero-order valence-electron chi connectivity index (χ0n) is 12.1. The van der Waals surface area contributed by atoms with Gasteiger partial charge in [0.15, 0.2) is 0 Å². The Hall–Kier alpha value is -2.04. The molecule has 0 saturated heterocycles. The number of amides is 2. The van der Waals surface area contributed by atoms with Crippen molar-refractivity contribution in [1.82, 2.24) is 10.2 Å². The molecule has 0 bridgehead atoms. The number of benzene rings is 1. The summed E-state index contributed by atoms with van der Waals surface area (Å²) in [6.07, 6.45) is 1.45. The highest BCUT2D eigenvalue weighted by molar-refractivity contribution is 5.74. The van der Waals surface area contributed by atoms with Crippen molar-refractivity contribution in [2.45, 2.75) is 32.7 Å². The van der Waals surface area contributed by atoms with E-state index in [2.05, 4.69) is 5.32 Å². The van der Waals surface area contributed by atoms with Gasteiger partial charge in [-0.25, -0.2) is 4.79 Å². The average Bonchev–Trinajstić information content (AvgIpc) is 2.80. The maximum Gasteiger partial charge on any atom is 0.414 e. The van der Waals surface area contributed by atoms with Crippen molar-refractivity contribution in [3.63, 3.8) is 0 Å². The topological polar surface area (TPSA) is 58.6 Å². The van der Waals surface area contributed by atoms with Crippen molar-refractivity contribution in [3.05, 3.63) is 29.3 Å². The van der Waals surface area contributed by atoms with Crippen LogP contribution < -0.4 is 10.1 Å². The van der Waals surface area contributed by atoms with Gasteiger partial charge < -0.3 is 15.0 Å². The summed E-state index contributed by atoms with van der Waals surface area (Å²) in [6.45, 7) is 3.99. The molecule has 5 heteroatoms. The van der Waals surface area contributed by atoms with Crippen molar-refractivity contribution in [2.75, 3.05) is 13.6 Å². The van der Waals surface area contributed by atoms with Crippen molar-refractivity contribution >= 4 is 12.0 Å². The van der Waals surface area contributed by atoms with E-state index in [-0.39, 0.29) is 18.0 Å². The summed E-state index contributed by atoms with van der Waals surface area (Å²) in [5.41, 5.74) is 2.25. The first-order valence-corrected chi connectivity index (χ1v) is 6.84. The predicted octanol–water partition coefficient (Wildman–Crippen LogP) is 2.26. The zero-order valence-corrected chi connectivity index (χ0v) is 12.1. The van der Waals surface area contributed by atoms with Crippen LogP contribution in [-0.4, -0.2) is 30.5 Å². The highest BCUT2D eigenvalue weighted by Crippen LogP contribution is 2.33. The van der Waals surface area contributed by atoms with Crippen LogP contribution in [0.15, 0.2) is 18.2 Å². The van der Waals surface area contributed by atoms with E-state index >= 15 is 0 Å². The summed E-state index contributed by atoms with van der Waals surface area (Å²) in [4.78, 5) is 24.4. The molecule has 5 nitrogen and oxygen atoms in total. The molecule has 0 fully saturated rings. The Labute approximate surface area is 118 Å². The predicted molar refractivity (Wildman–Crippen MR) is 75.6 cm³/mol. The van der Waals surface area contributed by atoms with Gasteiger partial charge in [0, 0.05) is 20.5 Å². The highest BCUT2D eigenvalue weighted by Gasteiger charge is 2.24. The molecule has 1 aliphatic rings. The summed E-state index contributed by atoms with van der Waals surface area (Å²) in [7, 11) is 1.69. The van der Waals surface area contributed by atoms with Gasteiger partial charge in [-0.1, -0.05) is 6.07 Å². The second-order valence-electron chi connectivity index (χ2n) is 5.03. The van der Waals surface area contributed by atoms with E-state index in [9.17, 15) is 9.59 Å². The number of hydrogen-bond acceptors (Lipinski definition) is 3. The van der Waals surface area contributed by atoms with Crippen LogP contribution in [-0.2, 0) is 11.2 Å². The smallest absolute Gasteiger partial charge is 0.410 e. The van der Waals surface area contributed by atoms with Crippen LogP contribution in [0.25, 0.3) is 0 Å². The summed E-state index contributed by atoms with van der Waals surface area (Å²) >= 11 is 0. The van der Waals surface area contributed by atoms with E-state index in [1.54, 1.807) is 13.1 Å². The fourth-order valence-corrected chi connectivity index (χ4v) is 2.35. The normalized spacial score (nSPS) is 16.4. The van der Waals surface area contributed by atoms with Crippen molar-refractivity contribution in [3.8, 4) is 5.75 Å². The number of hydrogen-bond donors (Lipinski definition) is 1. The average molecular weight is 276 g/mol. The molecule has 0 unspecified atom stereocenters. The third-order valence-corrected chi connectivity index (χ3v) is 3.56. The number of rotatable bonds is 3. The Morgan fingerprint density at radius 2 is 2.20 bits per heavy atom. The molecule has 1 aromatic carbocycles. The van der Waals surface area contributed by atoms with Gasteiger partial charge in [-0.05, 0) is 43.0 Å². The fourth-order valence-electron chi connectivity index (χ4n) is 2.35. The lowest BCUT2D eigenvalue weighted by atomic mass is 10.1. The van der Waals surface area contributed by atoms with Crippen molar-refractivity contribution in [1.29, 1.82) is 0 Å². The Morgan fingerprint density at radius 3 is 2.85 bits per heavy atom. The van der Waals surface area contributed by atoms with Gasteiger partial charge in [-0.15, -0.1) is 0 Å². The van der Waals surface area contributed by atoms with Crippen LogP contribution in [0, 0.1) is 0 Å². The van der Waals surface area contributed by atoms with Gasteiger partial charge in [0.1, 0.15) is 5.75 Å². The third kappa shape index (κ3) is 3.10. The van der Waals surface area contributed by atoms with E-state index in [4.69, 9.17) is 4.74 Å². The molecule has 0 aliphatic heterocycles. The SMILES string of the molecule is CCN(C)C(=O)Oc1ccc2c(c1)[C@H](NC(C)=O)CC2. The van der Waals surface area contributed by atoms with Crippen LogP contribution in [0.4, 0.5) is 4.79 Å². The van der Waals surface area contributed by atoms with Crippen LogP contribution in [0.3, 0.4) is 0 Å². The quantitative estimate of drug-likeness (QED) is 0.921. The van der Waals surface area contributed by atoms with Crippen molar-refractivity contribution in [2.24, 2.45) is 0 Å². The zero-order chi connectivity index (χ0) is 14.7. The van der Waals surface area contributed by atoms with Gasteiger partial charge in [0.2, 0.25) is 5.91 Å². The highest BCUT2D eigenvalue weighted by atomic mass is 16.6. The van der Waals surface area contributed by atoms with E-state index in [1.165, 1.54) is 17.4 Å². The molecule has 2 amide bonds. The molecule has 1 aliphatic carbocycles. The molecule has 2 rings (SSSR count). The standard InChI is InChI=1S/C15H20N2O3/c1-4-17(3)15(19)20-12-7-5-11-6-8-14(13(11)9-12)16-10(2)18/h5,7,9,14H,4,6,8H2,1-3H3,(H,16,18)/t14-/m1/s1. The van der Waals surface area contributed by atoms with E-state index in [0.29, 0.717) is 12.3 Å². The second-order valence-corrected chi connectivity index (χ2v) is 5.03. The first kappa shape index (κ1) is 14.4. The van der Waals surface area contributed by atoms with E-state index < -0.39 is 0 Å². The molecule has 0 radical (unpaired) electrons. The number of aryl methyl sites for hydroxylation is 1. The maximum absolute atomic E-state index is 11.7. The summed E-state index contributed by atoms with van der Waals surface area (Å²) < 4.78 is 5.32. The van der Waals surface area contributed by atoms with Crippen LogP contribution in [0.1, 0.15) is 37.4 Å². The van der Waals surface area contributed by atoms with E-state index in [1.807, 2.05) is 19.1 Å². The number of ether oxygens (including phenoxy) is 1. The minimum atomic E-state index is -0.374. The lowest BCUT2D eigenvalue weighted by molar-refractivity contribution is -0.119. The number of carbonyl (C=O) groups excluding carboxylic acids is 2. The summed E-state index contributed by atoms with van der Waals surface area (Å²) in [5.74, 6) is 0.474. The molecule has 1 aromatic rings. The Kier molecular flexibility index (Phi) is 4.27. The molecule has 0 aromatic heterocycles. The molecular weight excluding hydrogens is 256 g/mol. The minimum absolute atomic E-state index is 0.0186. The van der Waals surface area contributed by atoms with Gasteiger partial charge in [0.05, 0.1) is 6.04 Å². The Balaban J connectivity index is 2.14. The number of fused-ring (bicyclic) bond motifs is 1. The number of nitrogens with one attached hydrogen (secondary N) is 1. The fraction of sp³-hybridized carbons (Fsp3) is 0.467. The van der Waals surface area contributed by atoms with Gasteiger partial charge in [-0.3, -0.25) is 4.79 Å². The Morgan fingerprint density at radius 1 is 1.45 bits per heavy atom. The summed E-state index contributed by atoms with van der Waals surface area (Å²) in [5, 5.41) is 2.92. The molecular formula is C15H20N2O3. The lowest BCUT2D eigenvalue weighted by Crippen LogP contribution is -2.29. The van der Waals surface area contributed by atoms with E-state index in [0.717, 1.165) is 18.4 Å². The van der Waals surface area contributed by atoms with Crippen LogP contribution >= 0.6 is 0 Å². The molecule has 108 valence electrons. The minimum Gasteiger partial charge on any atom is -0.410 e. The van der Waals surface area contributed by atoms with Crippen molar-refractivity contribution < 1.29 is 14.3 Å². The van der Waals surface area contributed by atoms with Gasteiger partial charge >= 0.3 is 6.09 Å². The molecule has 0 saturated carbocycles. The second kappa shape index (κ2) is 5.94. The van der Waals surface area contributed by atoms with Crippen LogP contribution in [0.5, 0.6) is 5.75 Å². The molecule has 0 heterocycles.